The summed E-state index contributed by atoms with van der Waals surface area (Å²) in [5.41, 5.74) is 6.31. The van der Waals surface area contributed by atoms with Crippen LogP contribution >= 0.6 is 36.6 Å². The van der Waals surface area contributed by atoms with E-state index in [-0.39, 0.29) is 36.3 Å². The molecule has 0 saturated heterocycles. The third-order valence-corrected chi connectivity index (χ3v) is 6.34. The highest BCUT2D eigenvalue weighted by Gasteiger charge is 2.27. The number of hydrogen-bond acceptors (Lipinski definition) is 6. The molecule has 0 aliphatic heterocycles. The minimum Gasteiger partial charge on any atom is -0.480 e. The first-order chi connectivity index (χ1) is 14.2. The van der Waals surface area contributed by atoms with E-state index in [2.05, 4.69) is 9.97 Å². The Labute approximate surface area is 201 Å². The average molecular weight is 522 g/mol. The van der Waals surface area contributed by atoms with Crippen LogP contribution in [-0.4, -0.2) is 46.3 Å². The number of carboxylic acid groups (broad SMARTS) is 1. The largest absolute Gasteiger partial charge is 0.480 e. The summed E-state index contributed by atoms with van der Waals surface area (Å²) >= 11 is 5.99. The van der Waals surface area contributed by atoms with E-state index in [1.165, 1.54) is 43.0 Å². The topological polar surface area (TPSA) is 154 Å². The van der Waals surface area contributed by atoms with Crippen LogP contribution in [0.3, 0.4) is 0 Å². The second-order valence-electron chi connectivity index (χ2n) is 6.23. The number of rotatable bonds is 7. The van der Waals surface area contributed by atoms with Crippen molar-refractivity contribution >= 4 is 75.0 Å². The number of hydrogen-bond donors (Lipinski definition) is 3. The van der Waals surface area contributed by atoms with E-state index in [1.54, 1.807) is 12.1 Å². The molecule has 10 nitrogen and oxygen atoms in total. The van der Waals surface area contributed by atoms with Crippen LogP contribution in [0.1, 0.15) is 5.56 Å². The predicted molar refractivity (Wildman–Crippen MR) is 126 cm³/mol. The molecule has 0 aliphatic rings. The number of sulfonamides is 1. The molecular formula is C18H19Cl3N6O4S. The summed E-state index contributed by atoms with van der Waals surface area (Å²) in [6.07, 6.45) is 5.83. The maximum absolute atomic E-state index is 13.2. The van der Waals surface area contributed by atoms with Crippen molar-refractivity contribution in [3.05, 3.63) is 60.7 Å². The molecule has 3 aromatic rings. The van der Waals surface area contributed by atoms with E-state index in [1.807, 2.05) is 0 Å². The molecule has 172 valence electrons. The number of nitrogens with one attached hydrogen (secondary N) is 1. The fourth-order valence-electron chi connectivity index (χ4n) is 2.80. The predicted octanol–water partition coefficient (Wildman–Crippen LogP) is 2.60. The highest BCUT2D eigenvalue weighted by Crippen LogP contribution is 2.30. The first-order valence-electron chi connectivity index (χ1n) is 8.48. The third-order valence-electron chi connectivity index (χ3n) is 4.19. The number of aliphatic carboxylic acids is 1. The van der Waals surface area contributed by atoms with Crippen LogP contribution in [0.4, 0.5) is 5.69 Å². The Morgan fingerprint density at radius 1 is 1.12 bits per heavy atom. The number of anilines is 1. The molecule has 4 N–H and O–H groups in total. The minimum atomic E-state index is -4.14. The molecule has 14 heteroatoms. The van der Waals surface area contributed by atoms with E-state index >= 15 is 0 Å². The number of halogens is 3. The van der Waals surface area contributed by atoms with Crippen molar-refractivity contribution in [2.75, 3.05) is 11.0 Å². The number of aromatic nitrogens is 2. The van der Waals surface area contributed by atoms with E-state index in [0.29, 0.717) is 22.0 Å². The van der Waals surface area contributed by atoms with Gasteiger partial charge in [-0.05, 0) is 29.8 Å². The number of fused-ring (bicyclic) bond motifs is 1. The first-order valence-corrected chi connectivity index (χ1v) is 10.3. The van der Waals surface area contributed by atoms with Gasteiger partial charge in [0, 0.05) is 47.7 Å². The molecular weight excluding hydrogens is 503 g/mol. The second kappa shape index (κ2) is 11.2. The van der Waals surface area contributed by atoms with Crippen molar-refractivity contribution in [2.45, 2.75) is 11.4 Å². The van der Waals surface area contributed by atoms with Gasteiger partial charge in [-0.2, -0.15) is 4.31 Å². The Morgan fingerprint density at radius 3 is 2.38 bits per heavy atom. The Kier molecular flexibility index (Phi) is 9.61. The Morgan fingerprint density at radius 2 is 1.78 bits per heavy atom. The summed E-state index contributed by atoms with van der Waals surface area (Å²) in [6, 6.07) is 7.43. The summed E-state index contributed by atoms with van der Waals surface area (Å²) in [5, 5.41) is 17.6. The molecule has 0 spiro atoms. The van der Waals surface area contributed by atoms with Crippen LogP contribution in [-0.2, 0) is 21.4 Å². The summed E-state index contributed by atoms with van der Waals surface area (Å²) in [5.74, 6) is -1.70. The quantitative estimate of drug-likeness (QED) is 0.243. The molecule has 0 amide bonds. The van der Waals surface area contributed by atoms with Crippen molar-refractivity contribution in [1.82, 2.24) is 14.3 Å². The SMILES string of the molecule is Cl.Cl.N=C(N)N(Cl)c1cncc2cc(S(=O)(=O)N(CC(=O)O)Cc3ccncc3)ccc12. The normalized spacial score (nSPS) is 10.8. The van der Waals surface area contributed by atoms with Gasteiger partial charge in [0.1, 0.15) is 6.54 Å². The zero-order valence-electron chi connectivity index (χ0n) is 16.3. The summed E-state index contributed by atoms with van der Waals surface area (Å²) < 4.78 is 28.1. The Bertz CT molecular complexity index is 1210. The molecule has 0 bridgehead atoms. The summed E-state index contributed by atoms with van der Waals surface area (Å²) in [4.78, 5) is 19.1. The standard InChI is InChI=1S/C18H17ClN6O4S.2ClH/c19-25(18(20)21)16-9-23-8-13-7-14(1-2-15(13)16)30(28,29)24(11-17(26)27)10-12-3-5-22-6-4-12;;/h1-9H,10-11H2,(H3,20,21)(H,26,27);2*1H. The number of carboxylic acids is 1. The van der Waals surface area contributed by atoms with E-state index < -0.39 is 28.5 Å². The second-order valence-corrected chi connectivity index (χ2v) is 8.51. The zero-order valence-corrected chi connectivity index (χ0v) is 19.5. The zero-order chi connectivity index (χ0) is 21.9. The molecule has 2 aromatic heterocycles. The highest BCUT2D eigenvalue weighted by atomic mass is 35.5. The van der Waals surface area contributed by atoms with E-state index in [4.69, 9.17) is 22.9 Å². The van der Waals surface area contributed by atoms with Crippen molar-refractivity contribution in [2.24, 2.45) is 5.73 Å². The van der Waals surface area contributed by atoms with Gasteiger partial charge in [0.25, 0.3) is 0 Å². The van der Waals surface area contributed by atoms with Gasteiger partial charge in [0.15, 0.2) is 0 Å². The van der Waals surface area contributed by atoms with Gasteiger partial charge in [0.05, 0.1) is 16.8 Å². The lowest BCUT2D eigenvalue weighted by Crippen LogP contribution is -2.35. The van der Waals surface area contributed by atoms with Crippen LogP contribution in [0, 0.1) is 5.41 Å². The molecule has 32 heavy (non-hydrogen) atoms. The molecule has 0 unspecified atom stereocenters. The van der Waals surface area contributed by atoms with Gasteiger partial charge in [-0.25, -0.2) is 12.8 Å². The lowest BCUT2D eigenvalue weighted by atomic mass is 10.1. The van der Waals surface area contributed by atoms with Crippen LogP contribution in [0.5, 0.6) is 0 Å². The van der Waals surface area contributed by atoms with E-state index in [0.717, 1.165) is 8.72 Å². The molecule has 2 heterocycles. The maximum atomic E-state index is 13.2. The number of carbonyl (C=O) groups is 1. The van der Waals surface area contributed by atoms with Crippen molar-refractivity contribution in [1.29, 1.82) is 5.41 Å². The van der Waals surface area contributed by atoms with Gasteiger partial charge in [-0.3, -0.25) is 20.2 Å². The molecule has 0 radical (unpaired) electrons. The van der Waals surface area contributed by atoms with Gasteiger partial charge in [0.2, 0.25) is 16.0 Å². The third kappa shape index (κ3) is 5.96. The fourth-order valence-corrected chi connectivity index (χ4v) is 4.35. The monoisotopic (exact) mass is 520 g/mol. The summed E-state index contributed by atoms with van der Waals surface area (Å²) in [6.45, 7) is -0.839. The lowest BCUT2D eigenvalue weighted by molar-refractivity contribution is -0.137. The molecule has 1 aromatic carbocycles. The maximum Gasteiger partial charge on any atom is 0.318 e. The number of pyridine rings is 2. The molecule has 0 aliphatic carbocycles. The first kappa shape index (κ1) is 27.3. The van der Waals surface area contributed by atoms with Crippen LogP contribution in [0.2, 0.25) is 0 Å². The van der Waals surface area contributed by atoms with E-state index in [9.17, 15) is 18.3 Å². The smallest absolute Gasteiger partial charge is 0.318 e. The Hall–Kier alpha value is -2.70. The highest BCUT2D eigenvalue weighted by molar-refractivity contribution is 7.89. The lowest BCUT2D eigenvalue weighted by Gasteiger charge is -2.21. The van der Waals surface area contributed by atoms with Crippen molar-refractivity contribution < 1.29 is 18.3 Å². The molecule has 0 atom stereocenters. The minimum absolute atomic E-state index is 0. The molecule has 3 rings (SSSR count). The number of nitrogens with two attached hydrogens (primary N) is 1. The summed E-state index contributed by atoms with van der Waals surface area (Å²) in [7, 11) is -4.14. The Balaban J connectivity index is 0.00000256. The number of benzene rings is 1. The van der Waals surface area contributed by atoms with Gasteiger partial charge >= 0.3 is 5.97 Å². The average Bonchev–Trinajstić information content (AvgIpc) is 2.72. The van der Waals surface area contributed by atoms with Crippen molar-refractivity contribution in [3.8, 4) is 0 Å². The van der Waals surface area contributed by atoms with Gasteiger partial charge in [-0.1, -0.05) is 6.07 Å². The molecule has 0 fully saturated rings. The van der Waals surface area contributed by atoms with Crippen molar-refractivity contribution in [3.63, 3.8) is 0 Å². The van der Waals surface area contributed by atoms with Crippen LogP contribution in [0.25, 0.3) is 10.8 Å². The van der Waals surface area contributed by atoms with Crippen LogP contribution in [0.15, 0.2) is 60.0 Å². The fraction of sp³-hybridized carbons (Fsp3) is 0.111. The van der Waals surface area contributed by atoms with Gasteiger partial charge in [-0.15, -0.1) is 24.8 Å². The van der Waals surface area contributed by atoms with Gasteiger partial charge < -0.3 is 10.8 Å². The number of guanidine groups is 1. The molecule has 0 saturated carbocycles. The number of nitrogens with zero attached hydrogens (tertiary/aromatic N) is 4. The van der Waals surface area contributed by atoms with Crippen LogP contribution < -0.4 is 10.2 Å².